The van der Waals surface area contributed by atoms with Crippen LogP contribution >= 0.6 is 11.6 Å². The Balaban J connectivity index is 1.80. The van der Waals surface area contributed by atoms with Crippen molar-refractivity contribution in [1.82, 2.24) is 5.32 Å². The molecule has 0 bridgehead atoms. The molecule has 3 aromatic carbocycles. The van der Waals surface area contributed by atoms with Crippen LogP contribution < -0.4 is 5.32 Å². The van der Waals surface area contributed by atoms with Gasteiger partial charge in [-0.2, -0.15) is 0 Å². The van der Waals surface area contributed by atoms with Crippen LogP contribution in [0.4, 0.5) is 4.79 Å². The van der Waals surface area contributed by atoms with Crippen molar-refractivity contribution in [1.29, 1.82) is 0 Å². The molecule has 0 radical (unpaired) electrons. The fraction of sp³-hybridized carbons (Fsp3) is 0.286. The van der Waals surface area contributed by atoms with Gasteiger partial charge in [0.2, 0.25) is 11.4 Å². The number of rotatable bonds is 8. The molecule has 1 unspecified atom stereocenters. The number of carbonyl (C=O) groups is 2. The molecule has 0 saturated heterocycles. The van der Waals surface area contributed by atoms with Crippen molar-refractivity contribution in [2.24, 2.45) is 0 Å². The molecule has 1 aliphatic carbocycles. The normalized spacial score (nSPS) is 16.0. The summed E-state index contributed by atoms with van der Waals surface area (Å²) in [7, 11) is -4.10. The number of Topliss-reactive ketones (excluding diaryl/α,β-unsaturated/α-hetero) is 1. The number of hydrogen-bond donors (Lipinski definition) is 1. The lowest BCUT2D eigenvalue weighted by atomic mass is 9.87. The van der Waals surface area contributed by atoms with Gasteiger partial charge in [0.05, 0.1) is 4.90 Å². The summed E-state index contributed by atoms with van der Waals surface area (Å²) in [6.45, 7) is 0. The van der Waals surface area contributed by atoms with Crippen LogP contribution in [-0.2, 0) is 20.2 Å². The minimum atomic E-state index is -4.10. The second-order valence-corrected chi connectivity index (χ2v) is 11.4. The van der Waals surface area contributed by atoms with Gasteiger partial charge < -0.3 is 10.1 Å². The van der Waals surface area contributed by atoms with Crippen LogP contribution in [-0.4, -0.2) is 32.1 Å². The monoisotopic (exact) mass is 525 g/mol. The number of benzene rings is 3. The van der Waals surface area contributed by atoms with Crippen LogP contribution in [0, 0.1) is 0 Å². The highest BCUT2D eigenvalue weighted by atomic mass is 35.5. The van der Waals surface area contributed by atoms with Crippen LogP contribution in [0.1, 0.15) is 48.0 Å². The third-order valence-corrected chi connectivity index (χ3v) is 8.43. The second-order valence-electron chi connectivity index (χ2n) is 8.97. The van der Waals surface area contributed by atoms with Crippen molar-refractivity contribution < 1.29 is 22.7 Å². The fourth-order valence-electron chi connectivity index (χ4n) is 4.54. The smallest absolute Gasteiger partial charge is 0.408 e. The summed E-state index contributed by atoms with van der Waals surface area (Å²) in [5.41, 5.74) is -1.60. The number of sulfone groups is 1. The van der Waals surface area contributed by atoms with E-state index in [1.165, 1.54) is 24.3 Å². The van der Waals surface area contributed by atoms with Gasteiger partial charge in [0.25, 0.3) is 0 Å². The van der Waals surface area contributed by atoms with Gasteiger partial charge >= 0.3 is 6.09 Å². The van der Waals surface area contributed by atoms with Crippen molar-refractivity contribution in [3.8, 4) is 0 Å². The molecule has 1 amide bonds. The molecule has 36 heavy (non-hydrogen) atoms. The molecular weight excluding hydrogens is 498 g/mol. The minimum absolute atomic E-state index is 0.0237. The number of alkyl carbamates (subject to hydrolysis) is 1. The topological polar surface area (TPSA) is 89.5 Å². The average Bonchev–Trinajstić information content (AvgIpc) is 2.89. The Morgan fingerprint density at radius 1 is 0.861 bits per heavy atom. The highest BCUT2D eigenvalue weighted by Gasteiger charge is 2.49. The van der Waals surface area contributed by atoms with Crippen LogP contribution in [0.3, 0.4) is 0 Å². The van der Waals surface area contributed by atoms with E-state index < -0.39 is 33.1 Å². The zero-order valence-corrected chi connectivity index (χ0v) is 21.3. The molecule has 8 heteroatoms. The lowest BCUT2D eigenvalue weighted by Gasteiger charge is -2.33. The van der Waals surface area contributed by atoms with Crippen LogP contribution in [0.5, 0.6) is 0 Å². The molecule has 1 saturated carbocycles. The van der Waals surface area contributed by atoms with E-state index >= 15 is 0 Å². The van der Waals surface area contributed by atoms with Gasteiger partial charge in [0.1, 0.15) is 5.75 Å². The summed E-state index contributed by atoms with van der Waals surface area (Å²) >= 11 is 5.96. The van der Waals surface area contributed by atoms with Crippen molar-refractivity contribution >= 4 is 33.3 Å². The molecule has 1 aliphatic rings. The second kappa shape index (κ2) is 11.3. The number of ketones is 1. The molecule has 0 spiro atoms. The molecule has 0 heterocycles. The minimum Gasteiger partial charge on any atom is -0.428 e. The quantitative estimate of drug-likeness (QED) is 0.367. The van der Waals surface area contributed by atoms with Crippen molar-refractivity contribution in [2.75, 3.05) is 5.75 Å². The third kappa shape index (κ3) is 5.97. The first-order chi connectivity index (χ1) is 17.3. The first-order valence-corrected chi connectivity index (χ1v) is 14.0. The van der Waals surface area contributed by atoms with E-state index in [2.05, 4.69) is 5.32 Å². The Bertz CT molecular complexity index is 1290. The summed E-state index contributed by atoms with van der Waals surface area (Å²) in [5.74, 6) is -1.39. The van der Waals surface area contributed by atoms with Gasteiger partial charge in [-0.05, 0) is 37.1 Å². The number of hydrogen-bond acceptors (Lipinski definition) is 5. The van der Waals surface area contributed by atoms with Crippen LogP contribution in [0.25, 0.3) is 0 Å². The number of nitrogens with one attached hydrogen (secondary N) is 1. The Morgan fingerprint density at radius 2 is 1.44 bits per heavy atom. The molecule has 1 fully saturated rings. The van der Waals surface area contributed by atoms with E-state index in [1.54, 1.807) is 60.7 Å². The molecule has 188 valence electrons. The molecule has 3 aromatic rings. The van der Waals surface area contributed by atoms with Gasteiger partial charge in [0, 0.05) is 22.2 Å². The molecule has 6 nitrogen and oxygen atoms in total. The van der Waals surface area contributed by atoms with Crippen molar-refractivity contribution in [3.63, 3.8) is 0 Å². The molecule has 0 aromatic heterocycles. The maximum Gasteiger partial charge on any atom is 0.408 e. The maximum atomic E-state index is 14.1. The van der Waals surface area contributed by atoms with Crippen molar-refractivity contribution in [3.05, 3.63) is 101 Å². The largest absolute Gasteiger partial charge is 0.428 e. The van der Waals surface area contributed by atoms with Crippen LogP contribution in [0.15, 0.2) is 89.8 Å². The van der Waals surface area contributed by atoms with Crippen LogP contribution in [0.2, 0.25) is 5.02 Å². The highest BCUT2D eigenvalue weighted by molar-refractivity contribution is 7.91. The summed E-state index contributed by atoms with van der Waals surface area (Å²) in [6, 6.07) is 22.2. The Hall–Kier alpha value is -3.16. The lowest BCUT2D eigenvalue weighted by molar-refractivity contribution is 0.0216. The van der Waals surface area contributed by atoms with E-state index in [0.717, 1.165) is 32.1 Å². The standard InChI is InChI=1S/C28H28ClNO5S/c29-23-16-18-25(19-17-23)36(33,34)20-28(22-12-6-2-7-13-22,26(31)21-10-4-1-5-11-21)35-27(32)30-24-14-8-3-9-15-24/h1-2,4-7,10-13,16-19,24H,3,8-9,14-15,20H2,(H,30,32). The molecular formula is C28H28ClNO5S. The van der Waals surface area contributed by atoms with Gasteiger partial charge in [-0.3, -0.25) is 4.79 Å². The van der Waals surface area contributed by atoms with Gasteiger partial charge in [-0.15, -0.1) is 0 Å². The number of halogens is 1. The van der Waals surface area contributed by atoms with E-state index in [0.29, 0.717) is 5.02 Å². The third-order valence-electron chi connectivity index (χ3n) is 6.40. The summed E-state index contributed by atoms with van der Waals surface area (Å²) in [6.07, 6.45) is 3.88. The number of ether oxygens (including phenoxy) is 1. The van der Waals surface area contributed by atoms with Gasteiger partial charge in [-0.25, -0.2) is 13.2 Å². The summed E-state index contributed by atoms with van der Waals surface area (Å²) in [5, 5.41) is 3.24. The Labute approximate surface area is 216 Å². The predicted octanol–water partition coefficient (Wildman–Crippen LogP) is 5.95. The first-order valence-electron chi connectivity index (χ1n) is 11.9. The van der Waals surface area contributed by atoms with Gasteiger partial charge in [0.15, 0.2) is 9.84 Å². The van der Waals surface area contributed by atoms with Crippen molar-refractivity contribution in [2.45, 2.75) is 48.6 Å². The predicted molar refractivity (Wildman–Crippen MR) is 139 cm³/mol. The average molecular weight is 526 g/mol. The molecule has 1 atom stereocenters. The van der Waals surface area contributed by atoms with E-state index in [9.17, 15) is 18.0 Å². The van der Waals surface area contributed by atoms with E-state index in [1.807, 2.05) is 0 Å². The molecule has 1 N–H and O–H groups in total. The highest BCUT2D eigenvalue weighted by Crippen LogP contribution is 2.35. The lowest BCUT2D eigenvalue weighted by Crippen LogP contribution is -2.50. The summed E-state index contributed by atoms with van der Waals surface area (Å²) < 4.78 is 33.2. The number of amides is 1. The molecule has 4 rings (SSSR count). The van der Waals surface area contributed by atoms with E-state index in [-0.39, 0.29) is 22.1 Å². The number of carbonyl (C=O) groups excluding carboxylic acids is 2. The maximum absolute atomic E-state index is 14.1. The SMILES string of the molecule is O=C(NC1CCCCC1)OC(CS(=O)(=O)c1ccc(Cl)cc1)(C(=O)c1ccccc1)c1ccccc1. The fourth-order valence-corrected chi connectivity index (χ4v) is 6.27. The zero-order valence-electron chi connectivity index (χ0n) is 19.7. The molecule has 0 aliphatic heterocycles. The Kier molecular flexibility index (Phi) is 8.11. The first kappa shape index (κ1) is 25.9. The van der Waals surface area contributed by atoms with Gasteiger partial charge in [-0.1, -0.05) is 91.5 Å². The summed E-state index contributed by atoms with van der Waals surface area (Å²) in [4.78, 5) is 27.2. The van der Waals surface area contributed by atoms with E-state index in [4.69, 9.17) is 16.3 Å². The Morgan fingerprint density at radius 3 is 2.06 bits per heavy atom. The zero-order chi connectivity index (χ0) is 25.6.